The molecule has 2 aromatic rings. The van der Waals surface area contributed by atoms with Gasteiger partial charge in [-0.1, -0.05) is 15.9 Å². The van der Waals surface area contributed by atoms with Gasteiger partial charge < -0.3 is 4.74 Å². The highest BCUT2D eigenvalue weighted by Crippen LogP contribution is 2.29. The van der Waals surface area contributed by atoms with E-state index in [-0.39, 0.29) is 10.5 Å². The first-order valence-electron chi connectivity index (χ1n) is 6.50. The summed E-state index contributed by atoms with van der Waals surface area (Å²) in [4.78, 5) is 11.5. The molecule has 0 bridgehead atoms. The number of nitrogens with zero attached hydrogens (tertiary/aromatic N) is 1. The Bertz CT molecular complexity index is 902. The number of hydrogen-bond acceptors (Lipinski definition) is 4. The number of methoxy groups -OCH3 is 1. The Morgan fingerprint density at radius 1 is 1.17 bits per heavy atom. The van der Waals surface area contributed by atoms with E-state index in [1.165, 1.54) is 18.2 Å². The first-order valence-corrected chi connectivity index (χ1v) is 8.73. The van der Waals surface area contributed by atoms with Gasteiger partial charge in [-0.2, -0.15) is 0 Å². The average Bonchev–Trinajstić information content (AvgIpc) is 2.55. The summed E-state index contributed by atoms with van der Waals surface area (Å²) < 4.78 is 58.4. The molecular weight excluding hydrogens is 408 g/mol. The molecule has 9 heteroatoms. The molecule has 0 aliphatic rings. The molecule has 0 aliphatic carbocycles. The Kier molecular flexibility index (Phi) is 5.24. The Balaban J connectivity index is 2.63. The summed E-state index contributed by atoms with van der Waals surface area (Å²) in [6, 6.07) is 6.31. The van der Waals surface area contributed by atoms with Crippen LogP contribution in [0.1, 0.15) is 10.4 Å². The molecule has 0 N–H and O–H groups in total. The van der Waals surface area contributed by atoms with Crippen molar-refractivity contribution >= 4 is 37.6 Å². The molecule has 2 aromatic carbocycles. The lowest BCUT2D eigenvalue weighted by atomic mass is 10.2. The van der Waals surface area contributed by atoms with Crippen molar-refractivity contribution in [2.45, 2.75) is 4.90 Å². The van der Waals surface area contributed by atoms with Crippen molar-refractivity contribution in [3.63, 3.8) is 0 Å². The molecular formula is C15H12BrF2NO4S. The van der Waals surface area contributed by atoms with Crippen LogP contribution in [-0.4, -0.2) is 28.5 Å². The van der Waals surface area contributed by atoms with Gasteiger partial charge in [0.05, 0.1) is 18.4 Å². The maximum atomic E-state index is 13.9. The van der Waals surface area contributed by atoms with E-state index in [0.717, 1.165) is 32.4 Å². The zero-order valence-corrected chi connectivity index (χ0v) is 15.0. The molecule has 128 valence electrons. The fraction of sp³-hybridized carbons (Fsp3) is 0.133. The van der Waals surface area contributed by atoms with Gasteiger partial charge in [0.15, 0.2) is 0 Å². The first-order chi connectivity index (χ1) is 11.2. The Labute approximate surface area is 146 Å². The fourth-order valence-corrected chi connectivity index (χ4v) is 3.72. The molecule has 0 amide bonds. The fourth-order valence-electron chi connectivity index (χ4n) is 2.00. The maximum Gasteiger partial charge on any atom is 0.339 e. The minimum Gasteiger partial charge on any atom is -0.465 e. The summed E-state index contributed by atoms with van der Waals surface area (Å²) in [6.45, 7) is 0. The minimum absolute atomic E-state index is 0.226. The van der Waals surface area contributed by atoms with Gasteiger partial charge in [-0.25, -0.2) is 22.0 Å². The van der Waals surface area contributed by atoms with Crippen molar-refractivity contribution in [3.8, 4) is 0 Å². The summed E-state index contributed by atoms with van der Waals surface area (Å²) in [5.74, 6) is -2.58. The van der Waals surface area contributed by atoms with E-state index in [1.807, 2.05) is 0 Å². The summed E-state index contributed by atoms with van der Waals surface area (Å²) in [5, 5.41) is 0. The van der Waals surface area contributed by atoms with E-state index in [4.69, 9.17) is 0 Å². The van der Waals surface area contributed by atoms with E-state index < -0.39 is 33.3 Å². The molecule has 5 nitrogen and oxygen atoms in total. The number of carbonyl (C=O) groups excluding carboxylic acids is 1. The summed E-state index contributed by atoms with van der Waals surface area (Å²) in [7, 11) is -2.16. The van der Waals surface area contributed by atoms with Gasteiger partial charge in [-0.3, -0.25) is 4.31 Å². The zero-order chi connectivity index (χ0) is 18.1. The van der Waals surface area contributed by atoms with Crippen LogP contribution in [0.15, 0.2) is 45.8 Å². The van der Waals surface area contributed by atoms with Gasteiger partial charge in [0, 0.05) is 17.6 Å². The Morgan fingerprint density at radius 3 is 2.46 bits per heavy atom. The SMILES string of the molecule is COC(=O)c1cc(Br)ccc1S(=O)(=O)N(C)c1cc(F)ccc1F. The van der Waals surface area contributed by atoms with E-state index in [1.54, 1.807) is 0 Å². The highest BCUT2D eigenvalue weighted by molar-refractivity contribution is 9.10. The van der Waals surface area contributed by atoms with Gasteiger partial charge in [-0.15, -0.1) is 0 Å². The number of anilines is 1. The predicted molar refractivity (Wildman–Crippen MR) is 87.4 cm³/mol. The lowest BCUT2D eigenvalue weighted by Gasteiger charge is -2.21. The summed E-state index contributed by atoms with van der Waals surface area (Å²) >= 11 is 3.14. The highest BCUT2D eigenvalue weighted by Gasteiger charge is 2.29. The molecule has 0 aromatic heterocycles. The first kappa shape index (κ1) is 18.3. The molecule has 0 saturated heterocycles. The van der Waals surface area contributed by atoms with Crippen LogP contribution in [0, 0.1) is 11.6 Å². The van der Waals surface area contributed by atoms with E-state index in [9.17, 15) is 22.0 Å². The Morgan fingerprint density at radius 2 is 1.83 bits per heavy atom. The number of hydrogen-bond donors (Lipinski definition) is 0. The number of esters is 1. The molecule has 0 saturated carbocycles. The summed E-state index contributed by atoms with van der Waals surface area (Å²) in [5.41, 5.74) is -0.704. The van der Waals surface area contributed by atoms with Gasteiger partial charge in [0.2, 0.25) is 0 Å². The van der Waals surface area contributed by atoms with Crippen molar-refractivity contribution in [2.24, 2.45) is 0 Å². The highest BCUT2D eigenvalue weighted by atomic mass is 79.9. The smallest absolute Gasteiger partial charge is 0.339 e. The van der Waals surface area contributed by atoms with Crippen molar-refractivity contribution in [1.82, 2.24) is 0 Å². The second-order valence-corrected chi connectivity index (χ2v) is 7.55. The number of benzene rings is 2. The largest absolute Gasteiger partial charge is 0.465 e. The average molecular weight is 420 g/mol. The van der Waals surface area contributed by atoms with E-state index >= 15 is 0 Å². The molecule has 2 rings (SSSR count). The molecule has 0 fully saturated rings. The van der Waals surface area contributed by atoms with Crippen molar-refractivity contribution < 1.29 is 26.7 Å². The predicted octanol–water partition coefficient (Wildman–Crippen LogP) is 3.34. The van der Waals surface area contributed by atoms with Crippen LogP contribution >= 0.6 is 15.9 Å². The minimum atomic E-state index is -4.33. The topological polar surface area (TPSA) is 63.7 Å². The van der Waals surface area contributed by atoms with Crippen LogP contribution in [0.4, 0.5) is 14.5 Å². The quantitative estimate of drug-likeness (QED) is 0.712. The number of carbonyl (C=O) groups is 1. The van der Waals surface area contributed by atoms with Gasteiger partial charge in [0.25, 0.3) is 10.0 Å². The standard InChI is InChI=1S/C15H12BrF2NO4S/c1-19(13-8-10(17)4-5-12(13)18)24(21,22)14-6-3-9(16)7-11(14)15(20)23-2/h3-8H,1-2H3. The van der Waals surface area contributed by atoms with Crippen molar-refractivity contribution in [1.29, 1.82) is 0 Å². The molecule has 0 atom stereocenters. The van der Waals surface area contributed by atoms with E-state index in [0.29, 0.717) is 8.78 Å². The van der Waals surface area contributed by atoms with Gasteiger partial charge in [0.1, 0.15) is 16.5 Å². The molecule has 0 aliphatic heterocycles. The van der Waals surface area contributed by atoms with Crippen molar-refractivity contribution in [3.05, 3.63) is 58.1 Å². The van der Waals surface area contributed by atoms with Crippen LogP contribution in [0.2, 0.25) is 0 Å². The Hall–Kier alpha value is -2.00. The second kappa shape index (κ2) is 6.86. The normalized spacial score (nSPS) is 11.2. The molecule has 0 spiro atoms. The van der Waals surface area contributed by atoms with Crippen LogP contribution < -0.4 is 4.31 Å². The zero-order valence-electron chi connectivity index (χ0n) is 12.6. The molecule has 0 radical (unpaired) electrons. The summed E-state index contributed by atoms with van der Waals surface area (Å²) in [6.07, 6.45) is 0. The van der Waals surface area contributed by atoms with Gasteiger partial charge >= 0.3 is 5.97 Å². The van der Waals surface area contributed by atoms with Gasteiger partial charge in [-0.05, 0) is 30.3 Å². The number of ether oxygens (including phenoxy) is 1. The third-order valence-electron chi connectivity index (χ3n) is 3.23. The van der Waals surface area contributed by atoms with Crippen LogP contribution in [0.25, 0.3) is 0 Å². The third kappa shape index (κ3) is 3.41. The molecule has 0 unspecified atom stereocenters. The second-order valence-electron chi connectivity index (χ2n) is 4.70. The van der Waals surface area contributed by atoms with Crippen molar-refractivity contribution in [2.75, 3.05) is 18.5 Å². The lowest BCUT2D eigenvalue weighted by Crippen LogP contribution is -2.29. The van der Waals surface area contributed by atoms with E-state index in [2.05, 4.69) is 20.7 Å². The number of halogens is 3. The van der Waals surface area contributed by atoms with Crippen LogP contribution in [0.5, 0.6) is 0 Å². The third-order valence-corrected chi connectivity index (χ3v) is 5.56. The lowest BCUT2D eigenvalue weighted by molar-refractivity contribution is 0.0596. The maximum absolute atomic E-state index is 13.9. The van der Waals surface area contributed by atoms with Crippen LogP contribution in [-0.2, 0) is 14.8 Å². The molecule has 24 heavy (non-hydrogen) atoms. The number of rotatable bonds is 4. The monoisotopic (exact) mass is 419 g/mol. The molecule has 0 heterocycles. The number of sulfonamides is 1. The van der Waals surface area contributed by atoms with Crippen LogP contribution in [0.3, 0.4) is 0 Å².